The van der Waals surface area contributed by atoms with Crippen LogP contribution < -0.4 is 0 Å². The second-order valence-corrected chi connectivity index (χ2v) is 5.11. The van der Waals surface area contributed by atoms with E-state index in [2.05, 4.69) is 36.9 Å². The maximum atomic E-state index is 8.38. The zero-order chi connectivity index (χ0) is 13.7. The van der Waals surface area contributed by atoms with Gasteiger partial charge in [-0.2, -0.15) is 0 Å². The van der Waals surface area contributed by atoms with Gasteiger partial charge < -0.3 is 0 Å². The van der Waals surface area contributed by atoms with Crippen LogP contribution in [-0.2, 0) is 0 Å². The maximum Gasteiger partial charge on any atom is 0.0691 e. The zero-order valence-electron chi connectivity index (χ0n) is 11.0. The first-order valence-electron chi connectivity index (χ1n) is 6.67. The van der Waals surface area contributed by atoms with Gasteiger partial charge in [0, 0.05) is 11.1 Å². The molecule has 3 aromatic carbocycles. The largest absolute Gasteiger partial charge is 0.300 e. The van der Waals surface area contributed by atoms with E-state index in [1.165, 1.54) is 16.3 Å². The highest BCUT2D eigenvalue weighted by molar-refractivity contribution is 6.37. The Balaban J connectivity index is 2.19. The normalized spacial score (nSPS) is 13.2. The Labute approximate surface area is 117 Å². The minimum absolute atomic E-state index is 0.532. The molecule has 1 heteroatoms. The number of benzene rings is 3. The van der Waals surface area contributed by atoms with Crippen LogP contribution in [0.4, 0.5) is 0 Å². The van der Waals surface area contributed by atoms with Gasteiger partial charge in [0.1, 0.15) is 0 Å². The molecule has 0 saturated carbocycles. The van der Waals surface area contributed by atoms with Crippen LogP contribution in [0, 0.1) is 5.41 Å². The summed E-state index contributed by atoms with van der Waals surface area (Å²) in [5, 5.41) is 10.8. The van der Waals surface area contributed by atoms with Crippen molar-refractivity contribution in [1.82, 2.24) is 0 Å². The smallest absolute Gasteiger partial charge is 0.0691 e. The fourth-order valence-electron chi connectivity index (χ4n) is 3.04. The molecule has 0 atom stereocenters. The molecule has 0 bridgehead atoms. The molecule has 0 amide bonds. The van der Waals surface area contributed by atoms with Gasteiger partial charge in [0.25, 0.3) is 0 Å². The highest BCUT2D eigenvalue weighted by Gasteiger charge is 2.24. The Hall–Kier alpha value is -2.67. The van der Waals surface area contributed by atoms with Gasteiger partial charge in [0.15, 0.2) is 0 Å². The number of rotatable bonds is 0. The van der Waals surface area contributed by atoms with Crippen molar-refractivity contribution in [2.45, 2.75) is 0 Å². The molecule has 0 fully saturated rings. The maximum absolute atomic E-state index is 8.38. The van der Waals surface area contributed by atoms with Crippen LogP contribution in [0.3, 0.4) is 0 Å². The second kappa shape index (κ2) is 3.91. The lowest BCUT2D eigenvalue weighted by molar-refractivity contribution is 1.46. The van der Waals surface area contributed by atoms with Crippen LogP contribution >= 0.6 is 0 Å². The summed E-state index contributed by atoms with van der Waals surface area (Å²) in [6, 6.07) is 20.7. The summed E-state index contributed by atoms with van der Waals surface area (Å²) in [5.41, 5.74) is 5.73. The topological polar surface area (TPSA) is 23.9 Å². The fraction of sp³-hybridized carbons (Fsp3) is 0. The summed E-state index contributed by atoms with van der Waals surface area (Å²) >= 11 is 0. The molecule has 0 aliphatic heterocycles. The van der Waals surface area contributed by atoms with Gasteiger partial charge >= 0.3 is 0 Å². The lowest BCUT2D eigenvalue weighted by atomic mass is 9.79. The third-order valence-electron chi connectivity index (χ3n) is 4.02. The number of fused-ring (bicyclic) bond motifs is 5. The number of hydrogen-bond acceptors (Lipinski definition) is 1. The lowest BCUT2D eigenvalue weighted by Gasteiger charge is -2.24. The highest BCUT2D eigenvalue weighted by Crippen LogP contribution is 2.41. The Morgan fingerprint density at radius 2 is 1.40 bits per heavy atom. The van der Waals surface area contributed by atoms with Crippen molar-refractivity contribution in [3.05, 3.63) is 78.4 Å². The molecule has 1 nitrogen and oxygen atoms in total. The molecule has 0 radical (unpaired) electrons. The zero-order valence-corrected chi connectivity index (χ0v) is 11.0. The Bertz CT molecular complexity index is 887. The van der Waals surface area contributed by atoms with Gasteiger partial charge in [-0.15, -0.1) is 0 Å². The number of hydrogen-bond donors (Lipinski definition) is 1. The van der Waals surface area contributed by atoms with Crippen LogP contribution in [0.15, 0.2) is 67.2 Å². The van der Waals surface area contributed by atoms with Crippen LogP contribution in [0.5, 0.6) is 0 Å². The Kier molecular flexibility index (Phi) is 2.19. The molecule has 4 rings (SSSR count). The summed E-state index contributed by atoms with van der Waals surface area (Å²) < 4.78 is 0. The van der Waals surface area contributed by atoms with E-state index >= 15 is 0 Å². The standard InChI is InChI=1S/C19H13N/c1-12-18-14-7-3-2-6-13(14)10-11-16(18)15-8-4-5-9-17(15)19(12)20/h2-11,20H,1H2. The SMILES string of the molecule is C=C1C(=N)c2ccccc2-c2ccc3ccccc3c21. The minimum Gasteiger partial charge on any atom is -0.300 e. The van der Waals surface area contributed by atoms with E-state index in [0.29, 0.717) is 5.71 Å². The van der Waals surface area contributed by atoms with Crippen molar-refractivity contribution in [3.63, 3.8) is 0 Å². The molecule has 0 unspecified atom stereocenters. The van der Waals surface area contributed by atoms with Crippen LogP contribution in [-0.4, -0.2) is 5.71 Å². The van der Waals surface area contributed by atoms with Gasteiger partial charge in [-0.25, -0.2) is 0 Å². The third-order valence-corrected chi connectivity index (χ3v) is 4.02. The molecule has 0 spiro atoms. The van der Waals surface area contributed by atoms with E-state index in [9.17, 15) is 0 Å². The molecule has 0 saturated heterocycles. The first-order chi connectivity index (χ1) is 9.77. The molecular formula is C19H13N. The van der Waals surface area contributed by atoms with E-state index in [4.69, 9.17) is 5.41 Å². The molecule has 94 valence electrons. The first-order valence-corrected chi connectivity index (χ1v) is 6.67. The molecule has 1 N–H and O–H groups in total. The Morgan fingerprint density at radius 1 is 0.700 bits per heavy atom. The van der Waals surface area contributed by atoms with E-state index < -0.39 is 0 Å². The van der Waals surface area contributed by atoms with Crippen LogP contribution in [0.1, 0.15) is 11.1 Å². The molecule has 0 heterocycles. The summed E-state index contributed by atoms with van der Waals surface area (Å²) in [4.78, 5) is 0. The number of nitrogens with one attached hydrogen (secondary N) is 1. The van der Waals surface area contributed by atoms with Crippen LogP contribution in [0.25, 0.3) is 27.5 Å². The molecule has 1 aliphatic carbocycles. The summed E-state index contributed by atoms with van der Waals surface area (Å²) in [6.07, 6.45) is 0. The van der Waals surface area contributed by atoms with E-state index in [0.717, 1.165) is 22.3 Å². The quantitative estimate of drug-likeness (QED) is 0.590. The lowest BCUT2D eigenvalue weighted by Crippen LogP contribution is -2.11. The molecule has 0 aromatic heterocycles. The first kappa shape index (κ1) is 11.2. The third kappa shape index (κ3) is 1.35. The molecule has 20 heavy (non-hydrogen) atoms. The summed E-state index contributed by atoms with van der Waals surface area (Å²) in [7, 11) is 0. The van der Waals surface area contributed by atoms with Crippen molar-refractivity contribution < 1.29 is 0 Å². The average molecular weight is 255 g/mol. The predicted molar refractivity (Wildman–Crippen MR) is 85.2 cm³/mol. The number of allylic oxidation sites excluding steroid dienone is 1. The van der Waals surface area contributed by atoms with Gasteiger partial charge in [0.2, 0.25) is 0 Å². The van der Waals surface area contributed by atoms with Crippen LogP contribution in [0.2, 0.25) is 0 Å². The minimum atomic E-state index is 0.532. The van der Waals surface area contributed by atoms with Crippen molar-refractivity contribution in [2.24, 2.45) is 0 Å². The van der Waals surface area contributed by atoms with Crippen molar-refractivity contribution in [3.8, 4) is 11.1 Å². The Morgan fingerprint density at radius 3 is 2.25 bits per heavy atom. The fourth-order valence-corrected chi connectivity index (χ4v) is 3.04. The van der Waals surface area contributed by atoms with Gasteiger partial charge in [-0.1, -0.05) is 67.2 Å². The van der Waals surface area contributed by atoms with Crippen molar-refractivity contribution >= 4 is 22.1 Å². The molecule has 3 aromatic rings. The van der Waals surface area contributed by atoms with E-state index in [-0.39, 0.29) is 0 Å². The predicted octanol–water partition coefficient (Wildman–Crippen LogP) is 4.90. The summed E-state index contributed by atoms with van der Waals surface area (Å²) in [5.74, 6) is 0. The average Bonchev–Trinajstić information content (AvgIpc) is 2.51. The highest BCUT2D eigenvalue weighted by atomic mass is 14.5. The van der Waals surface area contributed by atoms with Gasteiger partial charge in [-0.05, 0) is 27.5 Å². The second-order valence-electron chi connectivity index (χ2n) is 5.11. The van der Waals surface area contributed by atoms with Gasteiger partial charge in [0.05, 0.1) is 5.71 Å². The molecule has 1 aliphatic rings. The monoisotopic (exact) mass is 255 g/mol. The van der Waals surface area contributed by atoms with E-state index in [1.807, 2.05) is 30.3 Å². The summed E-state index contributed by atoms with van der Waals surface area (Å²) in [6.45, 7) is 4.16. The van der Waals surface area contributed by atoms with Gasteiger partial charge in [-0.3, -0.25) is 5.41 Å². The van der Waals surface area contributed by atoms with Crippen molar-refractivity contribution in [1.29, 1.82) is 5.41 Å². The van der Waals surface area contributed by atoms with E-state index in [1.54, 1.807) is 0 Å². The van der Waals surface area contributed by atoms with Crippen molar-refractivity contribution in [2.75, 3.05) is 0 Å². The molecular weight excluding hydrogens is 242 g/mol.